The Labute approximate surface area is 75.7 Å². The van der Waals surface area contributed by atoms with Crippen molar-refractivity contribution < 1.29 is 0 Å². The molecule has 0 unspecified atom stereocenters. The highest BCUT2D eigenvalue weighted by molar-refractivity contribution is 8.14. The first-order chi connectivity index (χ1) is 5.77. The van der Waals surface area contributed by atoms with Crippen LogP contribution in [-0.4, -0.2) is 27.0 Å². The van der Waals surface area contributed by atoms with E-state index in [0.717, 1.165) is 16.5 Å². The number of H-pyrrole nitrogens is 1. The largest absolute Gasteiger partial charge is 0.285 e. The van der Waals surface area contributed by atoms with E-state index in [-0.39, 0.29) is 0 Å². The van der Waals surface area contributed by atoms with Crippen molar-refractivity contribution in [3.63, 3.8) is 0 Å². The summed E-state index contributed by atoms with van der Waals surface area (Å²) >= 11 is 1.79. The van der Waals surface area contributed by atoms with E-state index in [2.05, 4.69) is 22.1 Å². The van der Waals surface area contributed by atoms with Crippen LogP contribution < -0.4 is 0 Å². The maximum Gasteiger partial charge on any atom is 0.119 e. The number of thioether (sulfide) groups is 1. The number of aliphatic imine (C=N–C) groups is 1. The second-order valence-corrected chi connectivity index (χ2v) is 4.02. The third-order valence-corrected chi connectivity index (χ3v) is 3.05. The van der Waals surface area contributed by atoms with Crippen LogP contribution in [0.25, 0.3) is 0 Å². The average Bonchev–Trinajstić information content (AvgIpc) is 2.58. The summed E-state index contributed by atoms with van der Waals surface area (Å²) in [5, 5.41) is 8.09. The lowest BCUT2D eigenvalue weighted by atomic mass is 10.3. The van der Waals surface area contributed by atoms with Gasteiger partial charge in [0.25, 0.3) is 0 Å². The Bertz CT molecular complexity index is 316. The van der Waals surface area contributed by atoms with E-state index >= 15 is 0 Å². The molecule has 1 N–H and O–H groups in total. The topological polar surface area (TPSA) is 41.0 Å². The van der Waals surface area contributed by atoms with Gasteiger partial charge in [-0.15, -0.1) is 11.8 Å². The lowest BCUT2D eigenvalue weighted by Gasteiger charge is -1.93. The summed E-state index contributed by atoms with van der Waals surface area (Å²) in [7, 11) is 0. The molecule has 1 atom stereocenters. The van der Waals surface area contributed by atoms with Gasteiger partial charge in [0, 0.05) is 11.9 Å². The maximum absolute atomic E-state index is 4.49. The van der Waals surface area contributed by atoms with Crippen molar-refractivity contribution in [3.05, 3.63) is 17.5 Å². The van der Waals surface area contributed by atoms with Crippen LogP contribution in [0.1, 0.15) is 18.2 Å². The molecular weight excluding hydrogens is 170 g/mol. The molecular formula is C8H11N3S. The summed E-state index contributed by atoms with van der Waals surface area (Å²) < 4.78 is 0. The van der Waals surface area contributed by atoms with E-state index in [1.165, 1.54) is 5.56 Å². The summed E-state index contributed by atoms with van der Waals surface area (Å²) in [5.74, 6) is 1.08. The molecule has 64 valence electrons. The molecule has 1 aromatic heterocycles. The Hall–Kier alpha value is -0.770. The van der Waals surface area contributed by atoms with Gasteiger partial charge in [0.1, 0.15) is 10.7 Å². The van der Waals surface area contributed by atoms with Gasteiger partial charge in [-0.3, -0.25) is 10.1 Å². The Morgan fingerprint density at radius 2 is 2.50 bits per heavy atom. The minimum atomic E-state index is 0.445. The fourth-order valence-electron chi connectivity index (χ4n) is 1.17. The molecule has 4 heteroatoms. The van der Waals surface area contributed by atoms with Crippen molar-refractivity contribution in [1.82, 2.24) is 10.2 Å². The number of nitrogens with one attached hydrogen (secondary N) is 1. The Morgan fingerprint density at radius 3 is 3.00 bits per heavy atom. The highest BCUT2D eigenvalue weighted by Gasteiger charge is 2.18. The van der Waals surface area contributed by atoms with Crippen LogP contribution in [0.5, 0.6) is 0 Å². The van der Waals surface area contributed by atoms with E-state index in [1.807, 2.05) is 13.1 Å². The van der Waals surface area contributed by atoms with E-state index in [0.29, 0.717) is 6.04 Å². The van der Waals surface area contributed by atoms with Crippen LogP contribution in [0.2, 0.25) is 0 Å². The Morgan fingerprint density at radius 1 is 1.67 bits per heavy atom. The van der Waals surface area contributed by atoms with Gasteiger partial charge >= 0.3 is 0 Å². The van der Waals surface area contributed by atoms with E-state index in [1.54, 1.807) is 11.8 Å². The minimum Gasteiger partial charge on any atom is -0.285 e. The van der Waals surface area contributed by atoms with Gasteiger partial charge < -0.3 is 0 Å². The molecule has 0 saturated carbocycles. The predicted molar refractivity (Wildman–Crippen MR) is 51.8 cm³/mol. The van der Waals surface area contributed by atoms with Crippen molar-refractivity contribution in [2.24, 2.45) is 4.99 Å². The molecule has 0 aromatic carbocycles. The molecule has 0 saturated heterocycles. The van der Waals surface area contributed by atoms with Gasteiger partial charge in [-0.25, -0.2) is 0 Å². The van der Waals surface area contributed by atoms with Gasteiger partial charge in [0.15, 0.2) is 0 Å². The van der Waals surface area contributed by atoms with Crippen LogP contribution in [0.3, 0.4) is 0 Å². The number of rotatable bonds is 1. The smallest absolute Gasteiger partial charge is 0.119 e. The van der Waals surface area contributed by atoms with Gasteiger partial charge in [-0.05, 0) is 19.4 Å². The molecule has 12 heavy (non-hydrogen) atoms. The molecule has 0 aliphatic carbocycles. The molecule has 0 radical (unpaired) electrons. The third-order valence-electron chi connectivity index (χ3n) is 1.83. The van der Waals surface area contributed by atoms with E-state index in [4.69, 9.17) is 0 Å². The zero-order valence-electron chi connectivity index (χ0n) is 7.16. The Kier molecular flexibility index (Phi) is 1.92. The zero-order chi connectivity index (χ0) is 8.55. The summed E-state index contributed by atoms with van der Waals surface area (Å²) in [6.07, 6.45) is 1.90. The summed E-state index contributed by atoms with van der Waals surface area (Å²) in [6.45, 7) is 4.17. The van der Waals surface area contributed by atoms with Gasteiger partial charge in [-0.2, -0.15) is 5.10 Å². The minimum absolute atomic E-state index is 0.445. The fraction of sp³-hybridized carbons (Fsp3) is 0.500. The zero-order valence-corrected chi connectivity index (χ0v) is 7.98. The van der Waals surface area contributed by atoms with E-state index in [9.17, 15) is 0 Å². The number of hydrogen-bond acceptors (Lipinski definition) is 3. The molecule has 2 rings (SSSR count). The normalized spacial score (nSPS) is 22.8. The molecule has 2 heterocycles. The average molecular weight is 181 g/mol. The highest BCUT2D eigenvalue weighted by Crippen LogP contribution is 2.23. The van der Waals surface area contributed by atoms with Gasteiger partial charge in [0.05, 0.1) is 6.04 Å². The second-order valence-electron chi connectivity index (χ2n) is 3.01. The molecule has 1 aliphatic heterocycles. The lowest BCUT2D eigenvalue weighted by Crippen LogP contribution is -1.95. The van der Waals surface area contributed by atoms with Crippen LogP contribution in [0.4, 0.5) is 0 Å². The third kappa shape index (κ3) is 1.27. The standard InChI is InChI=1S/C8H11N3S/c1-5-3-9-11-7(5)8-10-6(2)4-12-8/h3,6H,4H2,1-2H3,(H,9,11)/t6-/m1/s1. The first-order valence-electron chi connectivity index (χ1n) is 3.98. The predicted octanol–water partition coefficient (Wildman–Crippen LogP) is 1.60. The Balaban J connectivity index is 2.32. The maximum atomic E-state index is 4.49. The van der Waals surface area contributed by atoms with Crippen LogP contribution >= 0.6 is 11.8 Å². The van der Waals surface area contributed by atoms with E-state index < -0.39 is 0 Å². The molecule has 1 aliphatic rings. The van der Waals surface area contributed by atoms with Crippen molar-refractivity contribution in [1.29, 1.82) is 0 Å². The lowest BCUT2D eigenvalue weighted by molar-refractivity contribution is 0.864. The molecule has 0 fully saturated rings. The van der Waals surface area contributed by atoms with Crippen LogP contribution in [0.15, 0.2) is 11.2 Å². The van der Waals surface area contributed by atoms with Crippen molar-refractivity contribution in [3.8, 4) is 0 Å². The van der Waals surface area contributed by atoms with Gasteiger partial charge in [0.2, 0.25) is 0 Å². The van der Waals surface area contributed by atoms with Crippen molar-refractivity contribution >= 4 is 16.8 Å². The number of aromatic nitrogens is 2. The number of aromatic amines is 1. The summed E-state index contributed by atoms with van der Waals surface area (Å²) in [6, 6.07) is 0.445. The molecule has 0 amide bonds. The van der Waals surface area contributed by atoms with Gasteiger partial charge in [-0.1, -0.05) is 0 Å². The quantitative estimate of drug-likeness (QED) is 0.715. The summed E-state index contributed by atoms with van der Waals surface area (Å²) in [4.78, 5) is 4.49. The van der Waals surface area contributed by atoms with Crippen molar-refractivity contribution in [2.45, 2.75) is 19.9 Å². The highest BCUT2D eigenvalue weighted by atomic mass is 32.2. The van der Waals surface area contributed by atoms with Crippen molar-refractivity contribution in [2.75, 3.05) is 5.75 Å². The van der Waals surface area contributed by atoms with Crippen LogP contribution in [-0.2, 0) is 0 Å². The first-order valence-corrected chi connectivity index (χ1v) is 4.97. The number of hydrogen-bond donors (Lipinski definition) is 1. The second kappa shape index (κ2) is 2.94. The molecule has 0 bridgehead atoms. The first kappa shape index (κ1) is 7.86. The monoisotopic (exact) mass is 181 g/mol. The summed E-state index contributed by atoms with van der Waals surface area (Å²) in [5.41, 5.74) is 2.19. The molecule has 0 spiro atoms. The SMILES string of the molecule is Cc1c[nH]nc1C1=N[C@H](C)CS1. The molecule has 1 aromatic rings. The van der Waals surface area contributed by atoms with Crippen LogP contribution in [0, 0.1) is 6.92 Å². The fourth-order valence-corrected chi connectivity index (χ4v) is 2.24. The number of nitrogens with zero attached hydrogens (tertiary/aromatic N) is 2. The molecule has 3 nitrogen and oxygen atoms in total. The number of aryl methyl sites for hydroxylation is 1.